The summed E-state index contributed by atoms with van der Waals surface area (Å²) < 4.78 is 30.6. The molecule has 1 amide bonds. The Labute approximate surface area is 172 Å². The highest BCUT2D eigenvalue weighted by Gasteiger charge is 2.21. The fourth-order valence-electron chi connectivity index (χ4n) is 3.39. The van der Waals surface area contributed by atoms with E-state index < -0.39 is 15.9 Å². The van der Waals surface area contributed by atoms with Crippen molar-refractivity contribution in [3.8, 4) is 5.75 Å². The summed E-state index contributed by atoms with van der Waals surface area (Å²) in [6.45, 7) is 1.80. The Bertz CT molecular complexity index is 921. The summed E-state index contributed by atoms with van der Waals surface area (Å²) in [6, 6.07) is 14.2. The maximum atomic E-state index is 12.5. The van der Waals surface area contributed by atoms with E-state index in [1.54, 1.807) is 24.3 Å². The summed E-state index contributed by atoms with van der Waals surface area (Å²) in [5, 5.41) is 2.78. The standard InChI is InChI=1S/C21H27N3O4S/c1-28-20-12-10-19(11-13-20)24(29(2,26)27)16-21(25)22-17-6-8-18(9-7-17)23-14-4-3-5-15-23/h6-13H,3-5,14-16H2,1-2H3,(H,22,25). The van der Waals surface area contributed by atoms with Crippen molar-refractivity contribution in [3.05, 3.63) is 48.5 Å². The first-order valence-corrected chi connectivity index (χ1v) is 11.5. The zero-order chi connectivity index (χ0) is 20.9. The molecule has 1 aliphatic rings. The lowest BCUT2D eigenvalue weighted by atomic mass is 10.1. The second kappa shape index (κ2) is 9.17. The van der Waals surface area contributed by atoms with E-state index in [4.69, 9.17) is 4.74 Å². The molecule has 0 aromatic heterocycles. The van der Waals surface area contributed by atoms with E-state index >= 15 is 0 Å². The second-order valence-electron chi connectivity index (χ2n) is 7.11. The maximum absolute atomic E-state index is 12.5. The monoisotopic (exact) mass is 417 g/mol. The van der Waals surface area contributed by atoms with Gasteiger partial charge >= 0.3 is 0 Å². The van der Waals surface area contributed by atoms with Gasteiger partial charge < -0.3 is 15.0 Å². The number of anilines is 3. The van der Waals surface area contributed by atoms with Crippen molar-refractivity contribution in [2.45, 2.75) is 19.3 Å². The molecule has 1 fully saturated rings. The molecule has 3 rings (SSSR count). The zero-order valence-corrected chi connectivity index (χ0v) is 17.6. The highest BCUT2D eigenvalue weighted by atomic mass is 32.2. The quantitative estimate of drug-likeness (QED) is 0.749. The summed E-state index contributed by atoms with van der Waals surface area (Å²) in [5.41, 5.74) is 2.18. The number of carbonyl (C=O) groups excluding carboxylic acids is 1. The molecule has 2 aromatic rings. The van der Waals surface area contributed by atoms with Crippen LogP contribution < -0.4 is 19.3 Å². The normalized spacial score (nSPS) is 14.3. The SMILES string of the molecule is COc1ccc(N(CC(=O)Nc2ccc(N3CCCCC3)cc2)S(C)(=O)=O)cc1. The zero-order valence-electron chi connectivity index (χ0n) is 16.8. The molecular weight excluding hydrogens is 390 g/mol. The van der Waals surface area contributed by atoms with Gasteiger partial charge in [-0.25, -0.2) is 8.42 Å². The third-order valence-electron chi connectivity index (χ3n) is 4.92. The Morgan fingerprint density at radius 3 is 2.21 bits per heavy atom. The fraction of sp³-hybridized carbons (Fsp3) is 0.381. The van der Waals surface area contributed by atoms with Gasteiger partial charge in [-0.05, 0) is 67.8 Å². The van der Waals surface area contributed by atoms with Crippen molar-refractivity contribution < 1.29 is 17.9 Å². The van der Waals surface area contributed by atoms with Crippen molar-refractivity contribution in [1.29, 1.82) is 0 Å². The van der Waals surface area contributed by atoms with Crippen LogP contribution in [0.3, 0.4) is 0 Å². The highest BCUT2D eigenvalue weighted by Crippen LogP contribution is 2.23. The van der Waals surface area contributed by atoms with Crippen LogP contribution in [-0.2, 0) is 14.8 Å². The molecule has 1 heterocycles. The Morgan fingerprint density at radius 2 is 1.66 bits per heavy atom. The number of nitrogens with zero attached hydrogens (tertiary/aromatic N) is 2. The van der Waals surface area contributed by atoms with Crippen molar-refractivity contribution in [2.75, 3.05) is 47.5 Å². The Balaban J connectivity index is 1.66. The topological polar surface area (TPSA) is 79.0 Å². The number of sulfonamides is 1. The van der Waals surface area contributed by atoms with Gasteiger partial charge in [0.2, 0.25) is 15.9 Å². The van der Waals surface area contributed by atoms with Crippen LogP contribution in [0.25, 0.3) is 0 Å². The van der Waals surface area contributed by atoms with E-state index in [-0.39, 0.29) is 6.54 Å². The van der Waals surface area contributed by atoms with Gasteiger partial charge in [0, 0.05) is 24.5 Å². The summed E-state index contributed by atoms with van der Waals surface area (Å²) in [7, 11) is -2.09. The fourth-order valence-corrected chi connectivity index (χ4v) is 4.24. The van der Waals surface area contributed by atoms with Gasteiger partial charge in [-0.3, -0.25) is 9.10 Å². The van der Waals surface area contributed by atoms with E-state index in [0.29, 0.717) is 17.1 Å². The van der Waals surface area contributed by atoms with Crippen LogP contribution >= 0.6 is 0 Å². The predicted molar refractivity (Wildman–Crippen MR) is 116 cm³/mol. The number of hydrogen-bond acceptors (Lipinski definition) is 5. The van der Waals surface area contributed by atoms with Crippen molar-refractivity contribution in [1.82, 2.24) is 0 Å². The van der Waals surface area contributed by atoms with Gasteiger partial charge in [0.1, 0.15) is 12.3 Å². The second-order valence-corrected chi connectivity index (χ2v) is 9.02. The van der Waals surface area contributed by atoms with E-state index in [0.717, 1.165) is 29.3 Å². The highest BCUT2D eigenvalue weighted by molar-refractivity contribution is 7.92. The minimum absolute atomic E-state index is 0.307. The van der Waals surface area contributed by atoms with Gasteiger partial charge in [0.15, 0.2) is 0 Å². The van der Waals surface area contributed by atoms with E-state index in [9.17, 15) is 13.2 Å². The molecule has 0 bridgehead atoms. The van der Waals surface area contributed by atoms with Crippen molar-refractivity contribution >= 4 is 33.0 Å². The lowest BCUT2D eigenvalue weighted by molar-refractivity contribution is -0.114. The number of hydrogen-bond donors (Lipinski definition) is 1. The Morgan fingerprint density at radius 1 is 1.03 bits per heavy atom. The number of benzene rings is 2. The van der Waals surface area contributed by atoms with Crippen LogP contribution in [0.5, 0.6) is 5.75 Å². The van der Waals surface area contributed by atoms with Gasteiger partial charge in [-0.15, -0.1) is 0 Å². The molecule has 1 N–H and O–H groups in total. The predicted octanol–water partition coefficient (Wildman–Crippen LogP) is 3.09. The molecule has 0 saturated carbocycles. The number of carbonyl (C=O) groups is 1. The third kappa shape index (κ3) is 5.63. The molecule has 29 heavy (non-hydrogen) atoms. The number of ether oxygens (including phenoxy) is 1. The first-order chi connectivity index (χ1) is 13.9. The van der Waals surface area contributed by atoms with Crippen molar-refractivity contribution in [2.24, 2.45) is 0 Å². The molecule has 2 aromatic carbocycles. The number of piperidine rings is 1. The van der Waals surface area contributed by atoms with Gasteiger partial charge in [-0.2, -0.15) is 0 Å². The van der Waals surface area contributed by atoms with E-state index in [1.807, 2.05) is 24.3 Å². The van der Waals surface area contributed by atoms with Gasteiger partial charge in [0.25, 0.3) is 0 Å². The molecule has 0 aliphatic carbocycles. The van der Waals surface area contributed by atoms with Gasteiger partial charge in [-0.1, -0.05) is 0 Å². The maximum Gasteiger partial charge on any atom is 0.245 e. The molecule has 8 heteroatoms. The summed E-state index contributed by atoms with van der Waals surface area (Å²) in [5.74, 6) is 0.206. The molecule has 156 valence electrons. The first kappa shape index (κ1) is 21.0. The van der Waals surface area contributed by atoms with Crippen LogP contribution in [0.15, 0.2) is 48.5 Å². The van der Waals surface area contributed by atoms with Crippen LogP contribution in [0.4, 0.5) is 17.1 Å². The third-order valence-corrected chi connectivity index (χ3v) is 6.06. The molecule has 7 nitrogen and oxygen atoms in total. The van der Waals surface area contributed by atoms with E-state index in [1.165, 1.54) is 26.4 Å². The summed E-state index contributed by atoms with van der Waals surface area (Å²) >= 11 is 0. The lowest BCUT2D eigenvalue weighted by Gasteiger charge is -2.28. The molecular formula is C21H27N3O4S. The lowest BCUT2D eigenvalue weighted by Crippen LogP contribution is -2.37. The van der Waals surface area contributed by atoms with Crippen LogP contribution in [0.2, 0.25) is 0 Å². The van der Waals surface area contributed by atoms with Gasteiger partial charge in [0.05, 0.1) is 19.1 Å². The molecule has 0 spiro atoms. The molecule has 0 unspecified atom stereocenters. The Hall–Kier alpha value is -2.74. The average molecular weight is 418 g/mol. The largest absolute Gasteiger partial charge is 0.497 e. The molecule has 1 saturated heterocycles. The first-order valence-electron chi connectivity index (χ1n) is 9.63. The molecule has 0 radical (unpaired) electrons. The Kier molecular flexibility index (Phi) is 6.64. The van der Waals surface area contributed by atoms with Crippen LogP contribution in [0, 0.1) is 0 Å². The molecule has 0 atom stereocenters. The average Bonchev–Trinajstić information content (AvgIpc) is 2.72. The summed E-state index contributed by atoms with van der Waals surface area (Å²) in [6.07, 6.45) is 4.75. The van der Waals surface area contributed by atoms with Crippen LogP contribution in [-0.4, -0.2) is 47.3 Å². The molecule has 1 aliphatic heterocycles. The minimum Gasteiger partial charge on any atom is -0.497 e. The number of nitrogens with one attached hydrogen (secondary N) is 1. The number of amides is 1. The van der Waals surface area contributed by atoms with E-state index in [2.05, 4.69) is 10.2 Å². The smallest absolute Gasteiger partial charge is 0.245 e. The van der Waals surface area contributed by atoms with Crippen LogP contribution in [0.1, 0.15) is 19.3 Å². The minimum atomic E-state index is -3.62. The summed E-state index contributed by atoms with van der Waals surface area (Å²) in [4.78, 5) is 14.8. The van der Waals surface area contributed by atoms with Crippen molar-refractivity contribution in [3.63, 3.8) is 0 Å². The number of methoxy groups -OCH3 is 1. The number of rotatable bonds is 7.